The number of halogens is 1. The first-order valence-corrected chi connectivity index (χ1v) is 9.22. The van der Waals surface area contributed by atoms with Crippen LogP contribution < -0.4 is 4.74 Å². The molecule has 0 amide bonds. The van der Waals surface area contributed by atoms with Crippen molar-refractivity contribution in [3.8, 4) is 11.8 Å². The van der Waals surface area contributed by atoms with Crippen molar-refractivity contribution in [3.05, 3.63) is 84.0 Å². The van der Waals surface area contributed by atoms with E-state index in [-0.39, 0.29) is 12.4 Å². The number of aromatic nitrogens is 3. The molecule has 5 nitrogen and oxygen atoms in total. The number of nitrogens with zero attached hydrogens (tertiary/aromatic N) is 4. The van der Waals surface area contributed by atoms with Gasteiger partial charge in [0.1, 0.15) is 18.2 Å². The fourth-order valence-corrected chi connectivity index (χ4v) is 3.39. The van der Waals surface area contributed by atoms with Gasteiger partial charge in [0.05, 0.1) is 11.6 Å². The number of hydrogen-bond donors (Lipinski definition) is 0. The molecule has 0 saturated heterocycles. The summed E-state index contributed by atoms with van der Waals surface area (Å²) in [5.41, 5.74) is 1.60. The summed E-state index contributed by atoms with van der Waals surface area (Å²) in [5.74, 6) is 1.50. The van der Waals surface area contributed by atoms with Crippen LogP contribution in [0.15, 0.2) is 66.3 Å². The third-order valence-corrected chi connectivity index (χ3v) is 4.80. The largest absolute Gasteiger partial charge is 0.486 e. The summed E-state index contributed by atoms with van der Waals surface area (Å²) >= 11 is 1.50. The maximum atomic E-state index is 13.0. The van der Waals surface area contributed by atoms with E-state index in [4.69, 9.17) is 4.74 Å². The average Bonchev–Trinajstić information content (AvgIpc) is 3.08. The zero-order valence-corrected chi connectivity index (χ0v) is 15.3. The first kappa shape index (κ1) is 18.7. The molecule has 0 aliphatic heterocycles. The molecular formula is C20H17FN4OS. The maximum absolute atomic E-state index is 13.0. The lowest BCUT2D eigenvalue weighted by Gasteiger charge is -2.09. The quantitative estimate of drug-likeness (QED) is 0.429. The second-order valence-corrected chi connectivity index (χ2v) is 6.54. The molecule has 3 aromatic rings. The van der Waals surface area contributed by atoms with Gasteiger partial charge in [-0.3, -0.25) is 4.57 Å². The van der Waals surface area contributed by atoms with Crippen LogP contribution in [0.2, 0.25) is 0 Å². The topological polar surface area (TPSA) is 63.7 Å². The predicted octanol–water partition coefficient (Wildman–Crippen LogP) is 4.35. The van der Waals surface area contributed by atoms with Crippen LogP contribution in [0.1, 0.15) is 17.0 Å². The molecule has 0 N–H and O–H groups in total. The van der Waals surface area contributed by atoms with Crippen LogP contribution in [0, 0.1) is 17.1 Å². The summed E-state index contributed by atoms with van der Waals surface area (Å²) < 4.78 is 20.6. The molecule has 136 valence electrons. The van der Waals surface area contributed by atoms with E-state index in [0.717, 1.165) is 10.7 Å². The molecule has 0 aliphatic carbocycles. The van der Waals surface area contributed by atoms with E-state index in [9.17, 15) is 9.65 Å². The highest BCUT2D eigenvalue weighted by atomic mass is 32.2. The highest BCUT2D eigenvalue weighted by molar-refractivity contribution is 7.98. The lowest BCUT2D eigenvalue weighted by Crippen LogP contribution is -2.07. The molecule has 0 saturated carbocycles. The number of ether oxygens (including phenoxy) is 1. The monoisotopic (exact) mass is 380 g/mol. The number of hydrogen-bond acceptors (Lipinski definition) is 5. The Hall–Kier alpha value is -3.11. The zero-order valence-electron chi connectivity index (χ0n) is 14.5. The summed E-state index contributed by atoms with van der Waals surface area (Å²) in [5, 5.41) is 18.4. The molecule has 0 fully saturated rings. The van der Waals surface area contributed by atoms with E-state index >= 15 is 0 Å². The molecule has 0 radical (unpaired) electrons. The Kier molecular flexibility index (Phi) is 6.23. The molecule has 0 aliphatic rings. The number of thioether (sulfide) groups is 1. The van der Waals surface area contributed by atoms with E-state index in [1.165, 1.54) is 23.9 Å². The van der Waals surface area contributed by atoms with Crippen LogP contribution in [0.3, 0.4) is 0 Å². The van der Waals surface area contributed by atoms with E-state index in [2.05, 4.69) is 22.8 Å². The van der Waals surface area contributed by atoms with Crippen molar-refractivity contribution < 1.29 is 9.13 Å². The van der Waals surface area contributed by atoms with Gasteiger partial charge in [-0.1, -0.05) is 36.0 Å². The summed E-state index contributed by atoms with van der Waals surface area (Å²) in [6, 6.07) is 15.5. The van der Waals surface area contributed by atoms with Crippen LogP contribution in [0.4, 0.5) is 4.39 Å². The van der Waals surface area contributed by atoms with Crippen LogP contribution in [-0.2, 0) is 18.9 Å². The molecular weight excluding hydrogens is 363 g/mol. The third-order valence-electron chi connectivity index (χ3n) is 3.78. The molecule has 0 unspecified atom stereocenters. The fraction of sp³-hybridized carbons (Fsp3) is 0.150. The molecule has 0 atom stereocenters. The van der Waals surface area contributed by atoms with E-state index in [1.807, 2.05) is 22.8 Å². The van der Waals surface area contributed by atoms with Crippen LogP contribution >= 0.6 is 11.8 Å². The number of allylic oxidation sites excluding steroid dienone is 1. The van der Waals surface area contributed by atoms with Gasteiger partial charge in [0.2, 0.25) is 0 Å². The van der Waals surface area contributed by atoms with Gasteiger partial charge < -0.3 is 4.74 Å². The van der Waals surface area contributed by atoms with Gasteiger partial charge >= 0.3 is 0 Å². The Balaban J connectivity index is 1.71. The van der Waals surface area contributed by atoms with Gasteiger partial charge in [0.25, 0.3) is 0 Å². The minimum absolute atomic E-state index is 0.210. The van der Waals surface area contributed by atoms with Crippen molar-refractivity contribution >= 4 is 11.8 Å². The molecule has 0 bridgehead atoms. The Labute approximate surface area is 161 Å². The van der Waals surface area contributed by atoms with Gasteiger partial charge in [0, 0.05) is 12.3 Å². The maximum Gasteiger partial charge on any atom is 0.191 e. The van der Waals surface area contributed by atoms with Crippen LogP contribution in [-0.4, -0.2) is 14.8 Å². The lowest BCUT2D eigenvalue weighted by atomic mass is 10.1. The minimum atomic E-state index is -0.312. The predicted molar refractivity (Wildman–Crippen MR) is 102 cm³/mol. The van der Waals surface area contributed by atoms with Crippen molar-refractivity contribution in [1.82, 2.24) is 14.8 Å². The Morgan fingerprint density at radius 2 is 1.96 bits per heavy atom. The zero-order chi connectivity index (χ0) is 19.1. The van der Waals surface area contributed by atoms with Gasteiger partial charge in [-0.25, -0.2) is 4.39 Å². The van der Waals surface area contributed by atoms with Gasteiger partial charge in [-0.05, 0) is 35.9 Å². The normalized spacial score (nSPS) is 10.4. The third kappa shape index (κ3) is 4.74. The Bertz CT molecular complexity index is 963. The highest BCUT2D eigenvalue weighted by Gasteiger charge is 2.13. The minimum Gasteiger partial charge on any atom is -0.486 e. The molecule has 1 heterocycles. The van der Waals surface area contributed by atoms with Crippen molar-refractivity contribution in [2.24, 2.45) is 0 Å². The molecule has 1 aromatic heterocycles. The van der Waals surface area contributed by atoms with Crippen molar-refractivity contribution in [1.29, 1.82) is 5.26 Å². The Morgan fingerprint density at radius 3 is 2.70 bits per heavy atom. The summed E-state index contributed by atoms with van der Waals surface area (Å²) in [7, 11) is 0. The molecule has 3 rings (SSSR count). The number of rotatable bonds is 8. The number of benzene rings is 2. The van der Waals surface area contributed by atoms with Crippen molar-refractivity contribution in [3.63, 3.8) is 0 Å². The summed E-state index contributed by atoms with van der Waals surface area (Å²) in [6.45, 7) is 4.53. The van der Waals surface area contributed by atoms with Crippen molar-refractivity contribution in [2.75, 3.05) is 0 Å². The molecule has 27 heavy (non-hydrogen) atoms. The average molecular weight is 380 g/mol. The summed E-state index contributed by atoms with van der Waals surface area (Å²) in [6.07, 6.45) is 1.76. The second-order valence-electron chi connectivity index (χ2n) is 5.60. The first-order valence-electron chi connectivity index (χ1n) is 8.23. The number of nitriles is 1. The van der Waals surface area contributed by atoms with Crippen LogP contribution in [0.5, 0.6) is 5.75 Å². The first-order chi connectivity index (χ1) is 13.2. The van der Waals surface area contributed by atoms with E-state index in [1.54, 1.807) is 24.3 Å². The Morgan fingerprint density at radius 1 is 1.19 bits per heavy atom. The summed E-state index contributed by atoms with van der Waals surface area (Å²) in [4.78, 5) is 0. The van der Waals surface area contributed by atoms with Gasteiger partial charge in [0.15, 0.2) is 11.0 Å². The van der Waals surface area contributed by atoms with Gasteiger partial charge in [-0.15, -0.1) is 16.8 Å². The second kappa shape index (κ2) is 9.01. The van der Waals surface area contributed by atoms with E-state index < -0.39 is 0 Å². The smallest absolute Gasteiger partial charge is 0.191 e. The van der Waals surface area contributed by atoms with Crippen LogP contribution in [0.25, 0.3) is 0 Å². The van der Waals surface area contributed by atoms with Gasteiger partial charge in [-0.2, -0.15) is 5.26 Å². The molecule has 0 spiro atoms. The van der Waals surface area contributed by atoms with Crippen molar-refractivity contribution in [2.45, 2.75) is 24.1 Å². The highest BCUT2D eigenvalue weighted by Crippen LogP contribution is 2.24. The molecule has 2 aromatic carbocycles. The van der Waals surface area contributed by atoms with E-state index in [0.29, 0.717) is 29.4 Å². The lowest BCUT2D eigenvalue weighted by molar-refractivity contribution is 0.288. The SMILES string of the molecule is C=CCn1c(COc2ccc(F)cc2)nnc1SCc1ccccc1C#N. The standard InChI is InChI=1S/C20H17FN4OS/c1-2-11-25-19(13-26-18-9-7-17(21)8-10-18)23-24-20(25)27-14-16-6-4-3-5-15(16)12-22/h2-10H,1,11,13-14H2. The molecule has 7 heteroatoms. The fourth-order valence-electron chi connectivity index (χ4n) is 2.42.